The van der Waals surface area contributed by atoms with Crippen LogP contribution in [0.3, 0.4) is 0 Å². The Morgan fingerprint density at radius 3 is 2.77 bits per heavy atom. The summed E-state index contributed by atoms with van der Waals surface area (Å²) < 4.78 is 19.1. The van der Waals surface area contributed by atoms with E-state index < -0.39 is 5.91 Å². The van der Waals surface area contributed by atoms with Gasteiger partial charge in [0.25, 0.3) is 5.91 Å². The molecule has 1 aromatic carbocycles. The molecule has 0 unspecified atom stereocenters. The van der Waals surface area contributed by atoms with Gasteiger partial charge in [-0.15, -0.1) is 16.4 Å². The van der Waals surface area contributed by atoms with E-state index in [9.17, 15) is 9.18 Å². The van der Waals surface area contributed by atoms with E-state index in [-0.39, 0.29) is 11.5 Å². The highest BCUT2D eigenvalue weighted by Gasteiger charge is 2.18. The SMILES string of the molecule is NC(=O)c1nnc(CC2=COC=CC2)c2cc(-c3ccc(F)cc3)sc12. The molecule has 4 rings (SSSR count). The van der Waals surface area contributed by atoms with Crippen LogP contribution in [0.4, 0.5) is 4.39 Å². The third kappa shape index (κ3) is 3.09. The molecular formula is C19H14FN3O2S. The second kappa shape index (κ2) is 6.68. The molecule has 2 aromatic heterocycles. The molecule has 7 heteroatoms. The highest BCUT2D eigenvalue weighted by molar-refractivity contribution is 7.22. The average Bonchev–Trinajstić information content (AvgIpc) is 3.09. The van der Waals surface area contributed by atoms with E-state index in [1.165, 1.54) is 23.5 Å². The van der Waals surface area contributed by atoms with Gasteiger partial charge < -0.3 is 10.5 Å². The summed E-state index contributed by atoms with van der Waals surface area (Å²) >= 11 is 1.40. The molecule has 0 saturated carbocycles. The van der Waals surface area contributed by atoms with E-state index in [2.05, 4.69) is 10.2 Å². The number of rotatable bonds is 4. The van der Waals surface area contributed by atoms with Crippen molar-refractivity contribution in [2.75, 3.05) is 0 Å². The lowest BCUT2D eigenvalue weighted by molar-refractivity contribution is 0.0996. The summed E-state index contributed by atoms with van der Waals surface area (Å²) in [4.78, 5) is 12.6. The lowest BCUT2D eigenvalue weighted by Crippen LogP contribution is -2.15. The van der Waals surface area contributed by atoms with Gasteiger partial charge in [0.05, 0.1) is 22.9 Å². The van der Waals surface area contributed by atoms with E-state index >= 15 is 0 Å². The van der Waals surface area contributed by atoms with Crippen LogP contribution in [-0.4, -0.2) is 16.1 Å². The Kier molecular flexibility index (Phi) is 4.22. The first-order chi connectivity index (χ1) is 12.6. The molecule has 0 saturated heterocycles. The normalized spacial score (nSPS) is 13.5. The largest absolute Gasteiger partial charge is 0.473 e. The fourth-order valence-electron chi connectivity index (χ4n) is 2.81. The van der Waals surface area contributed by atoms with Crippen LogP contribution in [0.15, 0.2) is 54.5 Å². The van der Waals surface area contributed by atoms with Crippen LogP contribution >= 0.6 is 11.3 Å². The number of thiophene rings is 1. The fraction of sp³-hybridized carbons (Fsp3) is 0.105. The van der Waals surface area contributed by atoms with Crippen LogP contribution < -0.4 is 5.73 Å². The number of nitrogens with zero attached hydrogens (tertiary/aromatic N) is 2. The number of amides is 1. The predicted molar refractivity (Wildman–Crippen MR) is 98.0 cm³/mol. The molecule has 1 amide bonds. The van der Waals surface area contributed by atoms with Gasteiger partial charge in [0.2, 0.25) is 0 Å². The maximum absolute atomic E-state index is 13.2. The molecule has 3 aromatic rings. The number of benzene rings is 1. The van der Waals surface area contributed by atoms with Crippen molar-refractivity contribution >= 4 is 27.3 Å². The summed E-state index contributed by atoms with van der Waals surface area (Å²) in [5.41, 5.74) is 8.27. The maximum atomic E-state index is 13.2. The molecule has 5 nitrogen and oxygen atoms in total. The third-order valence-electron chi connectivity index (χ3n) is 4.07. The van der Waals surface area contributed by atoms with Gasteiger partial charge in [-0.3, -0.25) is 4.79 Å². The van der Waals surface area contributed by atoms with Crippen LogP contribution in [0.5, 0.6) is 0 Å². The first-order valence-corrected chi connectivity index (χ1v) is 8.76. The molecule has 0 atom stereocenters. The van der Waals surface area contributed by atoms with E-state index in [0.717, 1.165) is 33.5 Å². The van der Waals surface area contributed by atoms with Gasteiger partial charge in [-0.1, -0.05) is 12.1 Å². The molecular weight excluding hydrogens is 353 g/mol. The zero-order valence-corrected chi connectivity index (χ0v) is 14.4. The molecule has 0 spiro atoms. The summed E-state index contributed by atoms with van der Waals surface area (Å²) in [5, 5.41) is 9.08. The van der Waals surface area contributed by atoms with E-state index in [4.69, 9.17) is 10.5 Å². The molecule has 2 N–H and O–H groups in total. The predicted octanol–water partition coefficient (Wildman–Crippen LogP) is 3.96. The van der Waals surface area contributed by atoms with Crippen molar-refractivity contribution < 1.29 is 13.9 Å². The van der Waals surface area contributed by atoms with Gasteiger partial charge in [-0.25, -0.2) is 4.39 Å². The molecule has 0 fully saturated rings. The molecule has 130 valence electrons. The summed E-state index contributed by atoms with van der Waals surface area (Å²) in [5.74, 6) is -0.918. The van der Waals surface area contributed by atoms with Crippen molar-refractivity contribution in [2.24, 2.45) is 5.73 Å². The van der Waals surface area contributed by atoms with Gasteiger partial charge in [-0.05, 0) is 41.8 Å². The van der Waals surface area contributed by atoms with Gasteiger partial charge in [0, 0.05) is 16.7 Å². The number of carbonyl (C=O) groups is 1. The first-order valence-electron chi connectivity index (χ1n) is 7.95. The number of halogens is 1. The molecule has 1 aliphatic heterocycles. The van der Waals surface area contributed by atoms with Crippen molar-refractivity contribution in [1.29, 1.82) is 0 Å². The van der Waals surface area contributed by atoms with Gasteiger partial charge in [-0.2, -0.15) is 5.10 Å². The van der Waals surface area contributed by atoms with Crippen molar-refractivity contribution in [3.63, 3.8) is 0 Å². The van der Waals surface area contributed by atoms with E-state index in [1.807, 2.05) is 12.1 Å². The third-order valence-corrected chi connectivity index (χ3v) is 5.27. The first kappa shape index (κ1) is 16.4. The number of primary amides is 1. The van der Waals surface area contributed by atoms with Crippen molar-refractivity contribution in [1.82, 2.24) is 10.2 Å². The van der Waals surface area contributed by atoms with Gasteiger partial charge in [0.15, 0.2) is 5.69 Å². The number of hydrogen-bond acceptors (Lipinski definition) is 5. The minimum Gasteiger partial charge on any atom is -0.473 e. The standard InChI is InChI=1S/C19H14FN3O2S/c20-13-5-3-12(4-6-13)16-9-14-15(8-11-2-1-7-25-10-11)22-23-17(19(21)24)18(14)26-16/h1,3-7,9-10H,2,8H2,(H2,21,24). The highest BCUT2D eigenvalue weighted by Crippen LogP contribution is 2.36. The highest BCUT2D eigenvalue weighted by atomic mass is 32.1. The Morgan fingerprint density at radius 1 is 1.27 bits per heavy atom. The summed E-state index contributed by atoms with van der Waals surface area (Å²) in [6.07, 6.45) is 6.60. The quantitative estimate of drug-likeness (QED) is 0.757. The van der Waals surface area contributed by atoms with Crippen molar-refractivity contribution in [2.45, 2.75) is 12.8 Å². The van der Waals surface area contributed by atoms with Gasteiger partial charge >= 0.3 is 0 Å². The maximum Gasteiger partial charge on any atom is 0.270 e. The Morgan fingerprint density at radius 2 is 2.08 bits per heavy atom. The number of fused-ring (bicyclic) bond motifs is 1. The number of carbonyl (C=O) groups excluding carboxylic acids is 1. The Bertz CT molecular complexity index is 1050. The second-order valence-electron chi connectivity index (χ2n) is 5.88. The number of nitrogens with two attached hydrogens (primary N) is 1. The number of ether oxygens (including phenoxy) is 1. The minimum atomic E-state index is -0.621. The van der Waals surface area contributed by atoms with Crippen LogP contribution in [0, 0.1) is 5.82 Å². The zero-order valence-electron chi connectivity index (χ0n) is 13.6. The lowest BCUT2D eigenvalue weighted by atomic mass is 10.0. The van der Waals surface area contributed by atoms with Crippen LogP contribution in [0.25, 0.3) is 20.5 Å². The van der Waals surface area contributed by atoms with E-state index in [1.54, 1.807) is 24.7 Å². The summed E-state index contributed by atoms with van der Waals surface area (Å²) in [6, 6.07) is 8.16. The molecule has 0 radical (unpaired) electrons. The van der Waals surface area contributed by atoms with Crippen LogP contribution in [0.1, 0.15) is 22.6 Å². The Balaban J connectivity index is 1.82. The Hall–Kier alpha value is -3.06. The zero-order chi connectivity index (χ0) is 18.1. The fourth-order valence-corrected chi connectivity index (χ4v) is 3.98. The smallest absolute Gasteiger partial charge is 0.270 e. The molecule has 26 heavy (non-hydrogen) atoms. The van der Waals surface area contributed by atoms with Crippen molar-refractivity contribution in [3.8, 4) is 10.4 Å². The molecule has 1 aliphatic rings. The van der Waals surface area contributed by atoms with E-state index in [0.29, 0.717) is 11.1 Å². The number of aromatic nitrogens is 2. The van der Waals surface area contributed by atoms with Gasteiger partial charge in [0.1, 0.15) is 5.82 Å². The lowest BCUT2D eigenvalue weighted by Gasteiger charge is -2.09. The van der Waals surface area contributed by atoms with Crippen LogP contribution in [-0.2, 0) is 11.2 Å². The number of allylic oxidation sites excluding steroid dienone is 2. The molecule has 0 aliphatic carbocycles. The summed E-state index contributed by atoms with van der Waals surface area (Å²) in [7, 11) is 0. The Labute approximate surface area is 152 Å². The molecule has 3 heterocycles. The topological polar surface area (TPSA) is 78.1 Å². The summed E-state index contributed by atoms with van der Waals surface area (Å²) in [6.45, 7) is 0. The number of hydrogen-bond donors (Lipinski definition) is 1. The van der Waals surface area contributed by atoms with Crippen LogP contribution in [0.2, 0.25) is 0 Å². The monoisotopic (exact) mass is 367 g/mol. The average molecular weight is 367 g/mol. The molecule has 0 bridgehead atoms. The minimum absolute atomic E-state index is 0.149. The second-order valence-corrected chi connectivity index (χ2v) is 6.94. The van der Waals surface area contributed by atoms with Crippen molar-refractivity contribution in [3.05, 3.63) is 71.7 Å².